The molecule has 0 radical (unpaired) electrons. The van der Waals surface area contributed by atoms with Gasteiger partial charge in [0, 0.05) is 29.1 Å². The van der Waals surface area contributed by atoms with E-state index >= 15 is 0 Å². The van der Waals surface area contributed by atoms with Gasteiger partial charge in [0.05, 0.1) is 36.8 Å². The Morgan fingerprint density at radius 1 is 1.24 bits per heavy atom. The second-order valence-corrected chi connectivity index (χ2v) is 8.36. The van der Waals surface area contributed by atoms with Gasteiger partial charge >= 0.3 is 5.97 Å². The van der Waals surface area contributed by atoms with Gasteiger partial charge in [-0.15, -0.1) is 0 Å². The monoisotopic (exact) mass is 482 g/mol. The van der Waals surface area contributed by atoms with E-state index in [1.54, 1.807) is 36.3 Å². The Kier molecular flexibility index (Phi) is 6.36. The van der Waals surface area contributed by atoms with Crippen LogP contribution in [-0.4, -0.2) is 46.9 Å². The number of hydrogen-bond donors (Lipinski definition) is 3. The third kappa shape index (κ3) is 4.37. The van der Waals surface area contributed by atoms with E-state index in [0.29, 0.717) is 40.3 Å². The fourth-order valence-corrected chi connectivity index (χ4v) is 3.98. The first-order chi connectivity index (χ1) is 16.2. The summed E-state index contributed by atoms with van der Waals surface area (Å²) in [7, 11) is 0. The molecule has 0 spiro atoms. The molecule has 4 rings (SSSR count). The van der Waals surface area contributed by atoms with Gasteiger partial charge in [-0.3, -0.25) is 13.9 Å². The number of anilines is 1. The summed E-state index contributed by atoms with van der Waals surface area (Å²) < 4.78 is 3.08. The van der Waals surface area contributed by atoms with Gasteiger partial charge < -0.3 is 15.5 Å². The number of carboxylic acids is 1. The molecule has 0 fully saturated rings. The molecule has 0 aliphatic heterocycles. The topological polar surface area (TPSA) is 135 Å². The van der Waals surface area contributed by atoms with Gasteiger partial charge in [-0.1, -0.05) is 11.6 Å². The van der Waals surface area contributed by atoms with Crippen molar-refractivity contribution in [3.8, 4) is 11.3 Å². The van der Waals surface area contributed by atoms with Gasteiger partial charge in [0.1, 0.15) is 10.8 Å². The van der Waals surface area contributed by atoms with Crippen LogP contribution in [0.15, 0.2) is 41.6 Å². The third-order valence-corrected chi connectivity index (χ3v) is 5.66. The molecule has 0 saturated carbocycles. The van der Waals surface area contributed by atoms with Crippen LogP contribution in [0, 0.1) is 13.8 Å². The first-order valence-corrected chi connectivity index (χ1v) is 10.9. The first kappa shape index (κ1) is 23.4. The average molecular weight is 483 g/mol. The number of aliphatic hydroxyl groups is 1. The quantitative estimate of drug-likeness (QED) is 0.342. The summed E-state index contributed by atoms with van der Waals surface area (Å²) in [6, 6.07) is 4.54. The zero-order valence-corrected chi connectivity index (χ0v) is 19.5. The van der Waals surface area contributed by atoms with Crippen molar-refractivity contribution in [1.82, 2.24) is 24.1 Å². The molecule has 0 aromatic carbocycles. The Labute approximate surface area is 199 Å². The highest BCUT2D eigenvalue weighted by Crippen LogP contribution is 2.27. The number of aromatic nitrogens is 5. The number of halogens is 1. The lowest BCUT2D eigenvalue weighted by molar-refractivity contribution is 0.0691. The Morgan fingerprint density at radius 2 is 2.00 bits per heavy atom. The van der Waals surface area contributed by atoms with Crippen LogP contribution in [0.1, 0.15) is 40.1 Å². The Bertz CT molecular complexity index is 1460. The van der Waals surface area contributed by atoms with E-state index in [-0.39, 0.29) is 23.0 Å². The summed E-state index contributed by atoms with van der Waals surface area (Å²) in [5.41, 5.74) is 3.48. The third-order valence-electron chi connectivity index (χ3n) is 5.45. The molecule has 3 N–H and O–H groups in total. The zero-order valence-electron chi connectivity index (χ0n) is 18.8. The lowest BCUT2D eigenvalue weighted by Crippen LogP contribution is -2.22. The predicted molar refractivity (Wildman–Crippen MR) is 127 cm³/mol. The van der Waals surface area contributed by atoms with Crippen molar-refractivity contribution in [2.24, 2.45) is 0 Å². The number of pyridine rings is 2. The van der Waals surface area contributed by atoms with E-state index in [1.807, 2.05) is 19.9 Å². The van der Waals surface area contributed by atoms with Crippen molar-refractivity contribution in [1.29, 1.82) is 0 Å². The summed E-state index contributed by atoms with van der Waals surface area (Å²) >= 11 is 5.87. The molecule has 0 aliphatic rings. The van der Waals surface area contributed by atoms with Crippen LogP contribution in [0.2, 0.25) is 5.15 Å². The van der Waals surface area contributed by atoms with Crippen LogP contribution in [0.25, 0.3) is 16.9 Å². The van der Waals surface area contributed by atoms with Crippen LogP contribution in [0.5, 0.6) is 0 Å². The molecule has 0 amide bonds. The molecular formula is C23H23ClN6O4. The van der Waals surface area contributed by atoms with Gasteiger partial charge in [-0.2, -0.15) is 5.10 Å². The van der Waals surface area contributed by atoms with E-state index < -0.39 is 12.0 Å². The SMILES string of the molecule is Cc1cc([C@@H](C)Nc2ccc(Cl)nc2C(=O)O)c2nc(-c3cnn(CCO)c3)c(C)c(=O)n2c1. The number of aliphatic hydroxyl groups excluding tert-OH is 1. The molecule has 4 aromatic heterocycles. The van der Waals surface area contributed by atoms with Gasteiger partial charge in [-0.05, 0) is 44.5 Å². The number of fused-ring (bicyclic) bond motifs is 1. The van der Waals surface area contributed by atoms with Crippen molar-refractivity contribution in [3.63, 3.8) is 0 Å². The molecule has 0 aliphatic carbocycles. The highest BCUT2D eigenvalue weighted by atomic mass is 35.5. The summed E-state index contributed by atoms with van der Waals surface area (Å²) in [6.45, 7) is 5.70. The second kappa shape index (κ2) is 9.24. The number of aryl methyl sites for hydroxylation is 1. The van der Waals surface area contributed by atoms with Crippen LogP contribution in [0.3, 0.4) is 0 Å². The Balaban J connectivity index is 1.85. The number of nitrogens with one attached hydrogen (secondary N) is 1. The zero-order chi connectivity index (χ0) is 24.6. The largest absolute Gasteiger partial charge is 0.476 e. The number of aromatic carboxylic acids is 1. The molecule has 34 heavy (non-hydrogen) atoms. The molecule has 0 saturated heterocycles. The molecule has 0 bridgehead atoms. The van der Waals surface area contributed by atoms with Gasteiger partial charge in [0.2, 0.25) is 0 Å². The van der Waals surface area contributed by atoms with Crippen molar-refractivity contribution in [3.05, 3.63) is 74.7 Å². The van der Waals surface area contributed by atoms with E-state index in [2.05, 4.69) is 15.4 Å². The minimum Gasteiger partial charge on any atom is -0.476 e. The lowest BCUT2D eigenvalue weighted by Gasteiger charge is -2.20. The fourth-order valence-electron chi connectivity index (χ4n) is 3.83. The van der Waals surface area contributed by atoms with Crippen molar-refractivity contribution >= 4 is 28.9 Å². The second-order valence-electron chi connectivity index (χ2n) is 7.97. The number of carboxylic acid groups (broad SMARTS) is 1. The maximum absolute atomic E-state index is 13.3. The molecule has 176 valence electrons. The number of nitrogens with zero attached hydrogens (tertiary/aromatic N) is 5. The van der Waals surface area contributed by atoms with Gasteiger partial charge in [-0.25, -0.2) is 14.8 Å². The average Bonchev–Trinajstić information content (AvgIpc) is 3.25. The van der Waals surface area contributed by atoms with E-state index in [1.165, 1.54) is 10.5 Å². The minimum atomic E-state index is -1.21. The maximum atomic E-state index is 13.3. The van der Waals surface area contributed by atoms with Crippen LogP contribution >= 0.6 is 11.6 Å². The molecule has 4 heterocycles. The highest BCUT2D eigenvalue weighted by Gasteiger charge is 2.20. The number of rotatable bonds is 7. The van der Waals surface area contributed by atoms with Crippen molar-refractivity contribution in [2.75, 3.05) is 11.9 Å². The number of hydrogen-bond acceptors (Lipinski definition) is 7. The van der Waals surface area contributed by atoms with Crippen molar-refractivity contribution in [2.45, 2.75) is 33.4 Å². The van der Waals surface area contributed by atoms with E-state index in [4.69, 9.17) is 21.7 Å². The summed E-state index contributed by atoms with van der Waals surface area (Å²) in [5, 5.41) is 26.1. The normalized spacial score (nSPS) is 12.1. The molecule has 11 heteroatoms. The molecule has 0 unspecified atom stereocenters. The van der Waals surface area contributed by atoms with Crippen LogP contribution < -0.4 is 10.9 Å². The summed E-state index contributed by atoms with van der Waals surface area (Å²) in [6.07, 6.45) is 5.06. The van der Waals surface area contributed by atoms with Crippen LogP contribution in [0.4, 0.5) is 5.69 Å². The molecular weight excluding hydrogens is 460 g/mol. The van der Waals surface area contributed by atoms with E-state index in [0.717, 1.165) is 5.56 Å². The lowest BCUT2D eigenvalue weighted by atomic mass is 10.1. The van der Waals surface area contributed by atoms with Gasteiger partial charge in [0.15, 0.2) is 5.69 Å². The van der Waals surface area contributed by atoms with Crippen molar-refractivity contribution < 1.29 is 15.0 Å². The first-order valence-electron chi connectivity index (χ1n) is 10.5. The predicted octanol–water partition coefficient (Wildman–Crippen LogP) is 3.09. The van der Waals surface area contributed by atoms with E-state index in [9.17, 15) is 14.7 Å². The maximum Gasteiger partial charge on any atom is 0.356 e. The Hall–Kier alpha value is -3.76. The summed E-state index contributed by atoms with van der Waals surface area (Å²) in [4.78, 5) is 33.6. The standard InChI is InChI=1S/C23H23ClN6O4/c1-12-8-16(14(3)26-17-4-5-18(24)27-20(17)23(33)34)21-28-19(13(2)22(32)30(21)10-12)15-9-25-29(11-15)6-7-31/h4-5,8-11,14,26,31H,6-7H2,1-3H3,(H,33,34)/t14-/m1/s1. The number of carbonyl (C=O) groups is 1. The highest BCUT2D eigenvalue weighted by molar-refractivity contribution is 6.29. The van der Waals surface area contributed by atoms with Crippen LogP contribution in [-0.2, 0) is 6.54 Å². The molecule has 1 atom stereocenters. The fraction of sp³-hybridized carbons (Fsp3) is 0.261. The summed E-state index contributed by atoms with van der Waals surface area (Å²) in [5.74, 6) is -1.21. The Morgan fingerprint density at radius 3 is 2.71 bits per heavy atom. The minimum absolute atomic E-state index is 0.0571. The molecule has 10 nitrogen and oxygen atoms in total. The smallest absolute Gasteiger partial charge is 0.356 e. The van der Waals surface area contributed by atoms with Gasteiger partial charge in [0.25, 0.3) is 5.56 Å². The molecule has 4 aromatic rings.